The van der Waals surface area contributed by atoms with Crippen LogP contribution >= 0.6 is 0 Å². The summed E-state index contributed by atoms with van der Waals surface area (Å²) in [6.07, 6.45) is 0. The molecule has 1 aliphatic heterocycles. The first-order chi connectivity index (χ1) is 15.8. The topological polar surface area (TPSA) is 83.1 Å². The molecule has 0 saturated heterocycles. The Balaban J connectivity index is 1.63. The van der Waals surface area contributed by atoms with Crippen molar-refractivity contribution in [3.8, 4) is 23.0 Å². The Labute approximate surface area is 192 Å². The first-order valence-electron chi connectivity index (χ1n) is 10.6. The number of carbonyl (C=O) groups excluding carboxylic acids is 2. The molecular weight excluding hydrogens is 422 g/mol. The van der Waals surface area contributed by atoms with Gasteiger partial charge in [0, 0.05) is 17.7 Å². The normalized spacial score (nSPS) is 12.6. The molecule has 3 aromatic rings. The quantitative estimate of drug-likeness (QED) is 0.523. The summed E-state index contributed by atoms with van der Waals surface area (Å²) in [5, 5.41) is 2.81. The Hall–Kier alpha value is -4.00. The molecule has 0 atom stereocenters. The molecule has 0 saturated carbocycles. The lowest BCUT2D eigenvalue weighted by atomic mass is 10.1. The number of ether oxygens (including phenoxy) is 4. The van der Waals surface area contributed by atoms with Crippen LogP contribution in [0.4, 0.5) is 5.69 Å². The van der Waals surface area contributed by atoms with E-state index < -0.39 is 11.6 Å². The van der Waals surface area contributed by atoms with Gasteiger partial charge < -0.3 is 24.3 Å². The highest BCUT2D eigenvalue weighted by atomic mass is 16.6. The fraction of sp³-hybridized carbons (Fsp3) is 0.231. The SMILES string of the molecule is CC(C)(C)OC(=O)c1ccc(Oc2ccc3c(c2)OCCO3)cc1NC(=O)c1ccccc1. The number of esters is 1. The lowest BCUT2D eigenvalue weighted by Crippen LogP contribution is -2.25. The third-order valence-corrected chi connectivity index (χ3v) is 4.64. The smallest absolute Gasteiger partial charge is 0.340 e. The second-order valence-electron chi connectivity index (χ2n) is 8.44. The molecule has 1 N–H and O–H groups in total. The average Bonchev–Trinajstić information content (AvgIpc) is 2.78. The van der Waals surface area contributed by atoms with Crippen molar-refractivity contribution in [2.45, 2.75) is 26.4 Å². The highest BCUT2D eigenvalue weighted by molar-refractivity contribution is 6.08. The Bertz CT molecular complexity index is 1170. The molecule has 0 radical (unpaired) electrons. The first kappa shape index (κ1) is 22.2. The number of carbonyl (C=O) groups is 2. The van der Waals surface area contributed by atoms with Gasteiger partial charge in [-0.1, -0.05) is 18.2 Å². The van der Waals surface area contributed by atoms with Gasteiger partial charge in [-0.2, -0.15) is 0 Å². The third-order valence-electron chi connectivity index (χ3n) is 4.64. The van der Waals surface area contributed by atoms with Crippen molar-refractivity contribution in [3.63, 3.8) is 0 Å². The van der Waals surface area contributed by atoms with Crippen LogP contribution in [-0.2, 0) is 4.74 Å². The lowest BCUT2D eigenvalue weighted by Gasteiger charge is -2.21. The van der Waals surface area contributed by atoms with Crippen molar-refractivity contribution in [1.82, 2.24) is 0 Å². The molecule has 1 heterocycles. The molecule has 4 rings (SSSR count). The van der Waals surface area contributed by atoms with Gasteiger partial charge in [0.25, 0.3) is 5.91 Å². The van der Waals surface area contributed by atoms with Gasteiger partial charge in [-0.15, -0.1) is 0 Å². The summed E-state index contributed by atoms with van der Waals surface area (Å²) in [7, 11) is 0. The summed E-state index contributed by atoms with van der Waals surface area (Å²) in [4.78, 5) is 25.6. The lowest BCUT2D eigenvalue weighted by molar-refractivity contribution is 0.00707. The van der Waals surface area contributed by atoms with Crippen molar-refractivity contribution in [2.75, 3.05) is 18.5 Å². The predicted octanol–water partition coefficient (Wildman–Crippen LogP) is 5.46. The molecule has 0 spiro atoms. The van der Waals surface area contributed by atoms with Gasteiger partial charge in [0.1, 0.15) is 30.3 Å². The molecule has 33 heavy (non-hydrogen) atoms. The summed E-state index contributed by atoms with van der Waals surface area (Å²) in [6.45, 7) is 6.33. The monoisotopic (exact) mass is 447 g/mol. The molecule has 1 aliphatic rings. The number of anilines is 1. The molecule has 0 aliphatic carbocycles. The zero-order valence-electron chi connectivity index (χ0n) is 18.7. The Morgan fingerprint density at radius 3 is 2.24 bits per heavy atom. The average molecular weight is 447 g/mol. The maximum absolute atomic E-state index is 12.8. The summed E-state index contributed by atoms with van der Waals surface area (Å²) in [6, 6.07) is 18.8. The number of benzene rings is 3. The van der Waals surface area contributed by atoms with E-state index in [1.807, 2.05) is 6.07 Å². The van der Waals surface area contributed by atoms with E-state index in [1.165, 1.54) is 0 Å². The van der Waals surface area contributed by atoms with E-state index in [4.69, 9.17) is 18.9 Å². The van der Waals surface area contributed by atoms with E-state index in [2.05, 4.69) is 5.32 Å². The highest BCUT2D eigenvalue weighted by Crippen LogP contribution is 2.36. The van der Waals surface area contributed by atoms with Crippen LogP contribution < -0.4 is 19.5 Å². The summed E-state index contributed by atoms with van der Waals surface area (Å²) in [5.41, 5.74) is 0.292. The number of fused-ring (bicyclic) bond motifs is 1. The van der Waals surface area contributed by atoms with Crippen LogP contribution in [0.5, 0.6) is 23.0 Å². The molecule has 0 bridgehead atoms. The zero-order chi connectivity index (χ0) is 23.4. The summed E-state index contributed by atoms with van der Waals surface area (Å²) < 4.78 is 22.6. The van der Waals surface area contributed by atoms with Gasteiger partial charge in [-0.3, -0.25) is 4.79 Å². The van der Waals surface area contributed by atoms with E-state index >= 15 is 0 Å². The van der Waals surface area contributed by atoms with Crippen molar-refractivity contribution >= 4 is 17.6 Å². The van der Waals surface area contributed by atoms with E-state index in [-0.39, 0.29) is 17.2 Å². The number of hydrogen-bond donors (Lipinski definition) is 1. The number of amides is 1. The van der Waals surface area contributed by atoms with Crippen LogP contribution in [0.2, 0.25) is 0 Å². The molecule has 0 fully saturated rings. The van der Waals surface area contributed by atoms with E-state index in [0.717, 1.165) is 0 Å². The van der Waals surface area contributed by atoms with Crippen LogP contribution in [0.25, 0.3) is 0 Å². The van der Waals surface area contributed by atoms with Gasteiger partial charge in [0.15, 0.2) is 11.5 Å². The minimum atomic E-state index is -0.682. The standard InChI is InChI=1S/C26H25NO6/c1-26(2,3)33-25(29)20-11-9-18(15-21(20)27-24(28)17-7-5-4-6-8-17)32-19-10-12-22-23(16-19)31-14-13-30-22/h4-12,15-16H,13-14H2,1-3H3,(H,27,28). The molecule has 3 aromatic carbocycles. The fourth-order valence-corrected chi connectivity index (χ4v) is 3.21. The molecule has 7 heteroatoms. The number of hydrogen-bond acceptors (Lipinski definition) is 6. The predicted molar refractivity (Wildman–Crippen MR) is 124 cm³/mol. The van der Waals surface area contributed by atoms with Crippen molar-refractivity contribution in [3.05, 3.63) is 77.9 Å². The molecule has 170 valence electrons. The first-order valence-corrected chi connectivity index (χ1v) is 10.6. The minimum Gasteiger partial charge on any atom is -0.486 e. The van der Waals surface area contributed by atoms with Gasteiger partial charge in [-0.25, -0.2) is 4.79 Å². The molecular formula is C26H25NO6. The fourth-order valence-electron chi connectivity index (χ4n) is 3.21. The Morgan fingerprint density at radius 1 is 0.848 bits per heavy atom. The second-order valence-corrected chi connectivity index (χ2v) is 8.44. The van der Waals surface area contributed by atoms with Gasteiger partial charge in [0.2, 0.25) is 0 Å². The van der Waals surface area contributed by atoms with Crippen LogP contribution in [0.1, 0.15) is 41.5 Å². The van der Waals surface area contributed by atoms with Crippen LogP contribution in [0.15, 0.2) is 66.7 Å². The summed E-state index contributed by atoms with van der Waals surface area (Å²) >= 11 is 0. The Kier molecular flexibility index (Phi) is 6.22. The maximum atomic E-state index is 12.8. The number of nitrogens with one attached hydrogen (secondary N) is 1. The van der Waals surface area contributed by atoms with E-state index in [0.29, 0.717) is 41.8 Å². The number of rotatable bonds is 5. The third kappa shape index (κ3) is 5.63. The van der Waals surface area contributed by atoms with E-state index in [1.54, 1.807) is 81.4 Å². The van der Waals surface area contributed by atoms with Gasteiger partial charge in [-0.05, 0) is 57.2 Å². The van der Waals surface area contributed by atoms with Crippen LogP contribution in [0.3, 0.4) is 0 Å². The zero-order valence-corrected chi connectivity index (χ0v) is 18.7. The van der Waals surface area contributed by atoms with Gasteiger partial charge >= 0.3 is 5.97 Å². The Morgan fingerprint density at radius 2 is 1.52 bits per heavy atom. The van der Waals surface area contributed by atoms with Gasteiger partial charge in [0.05, 0.1) is 11.3 Å². The largest absolute Gasteiger partial charge is 0.486 e. The molecule has 7 nitrogen and oxygen atoms in total. The molecule has 0 aromatic heterocycles. The summed E-state index contributed by atoms with van der Waals surface area (Å²) in [5.74, 6) is 1.33. The van der Waals surface area contributed by atoms with Crippen LogP contribution in [0, 0.1) is 0 Å². The van der Waals surface area contributed by atoms with E-state index in [9.17, 15) is 9.59 Å². The van der Waals surface area contributed by atoms with Crippen molar-refractivity contribution in [2.24, 2.45) is 0 Å². The minimum absolute atomic E-state index is 0.226. The molecule has 0 unspecified atom stereocenters. The highest BCUT2D eigenvalue weighted by Gasteiger charge is 2.22. The maximum Gasteiger partial charge on any atom is 0.340 e. The second kappa shape index (κ2) is 9.24. The van der Waals surface area contributed by atoms with Crippen molar-refractivity contribution in [1.29, 1.82) is 0 Å². The molecule has 1 amide bonds. The van der Waals surface area contributed by atoms with Crippen molar-refractivity contribution < 1.29 is 28.5 Å². The van der Waals surface area contributed by atoms with Crippen LogP contribution in [-0.4, -0.2) is 30.7 Å².